The summed E-state index contributed by atoms with van der Waals surface area (Å²) in [5, 5.41) is 8.15. The molecule has 0 unspecified atom stereocenters. The number of nitrogens with one attached hydrogen (secondary N) is 4. The van der Waals surface area contributed by atoms with E-state index < -0.39 is 12.0 Å². The lowest BCUT2D eigenvalue weighted by molar-refractivity contribution is -0.130. The molecule has 12 heteroatoms. The van der Waals surface area contributed by atoms with Crippen LogP contribution < -0.4 is 16.0 Å². The Morgan fingerprint density at radius 3 is 2.39 bits per heavy atom. The molecule has 1 aromatic heterocycles. The zero-order valence-corrected chi connectivity index (χ0v) is 22.8. The van der Waals surface area contributed by atoms with E-state index in [0.29, 0.717) is 58.4 Å². The van der Waals surface area contributed by atoms with Crippen molar-refractivity contribution in [2.24, 2.45) is 5.92 Å². The summed E-state index contributed by atoms with van der Waals surface area (Å²) in [6.07, 6.45) is 6.31. The first-order valence-corrected chi connectivity index (χ1v) is 13.2. The van der Waals surface area contributed by atoms with Crippen molar-refractivity contribution in [3.05, 3.63) is 18.2 Å². The van der Waals surface area contributed by atoms with Gasteiger partial charge in [0.1, 0.15) is 12.4 Å². The molecule has 38 heavy (non-hydrogen) atoms. The van der Waals surface area contributed by atoms with Crippen molar-refractivity contribution in [2.75, 3.05) is 39.5 Å². The Balaban J connectivity index is 2.12. The SMILES string of the molecule is CCC(=O)NCCOCCOCC(=O)NCCCC[C@H](CC(=O)[C@H](C)NC(=O)CCc1cnc[nH]1)C(C)=O. The average Bonchev–Trinajstić information content (AvgIpc) is 3.41. The molecular weight excluding hydrogens is 494 g/mol. The van der Waals surface area contributed by atoms with E-state index >= 15 is 0 Å². The molecule has 214 valence electrons. The van der Waals surface area contributed by atoms with E-state index in [1.54, 1.807) is 26.4 Å². The molecule has 0 aromatic carbocycles. The van der Waals surface area contributed by atoms with Gasteiger partial charge in [0.25, 0.3) is 0 Å². The van der Waals surface area contributed by atoms with Gasteiger partial charge in [-0.3, -0.25) is 24.0 Å². The molecule has 0 spiro atoms. The van der Waals surface area contributed by atoms with Gasteiger partial charge in [-0.25, -0.2) is 4.98 Å². The largest absolute Gasteiger partial charge is 0.377 e. The Morgan fingerprint density at radius 1 is 0.974 bits per heavy atom. The van der Waals surface area contributed by atoms with E-state index in [0.717, 1.165) is 5.69 Å². The van der Waals surface area contributed by atoms with E-state index in [2.05, 4.69) is 25.9 Å². The fourth-order valence-electron chi connectivity index (χ4n) is 3.50. The lowest BCUT2D eigenvalue weighted by Gasteiger charge is -2.17. The van der Waals surface area contributed by atoms with Gasteiger partial charge in [-0.15, -0.1) is 0 Å². The van der Waals surface area contributed by atoms with Crippen LogP contribution in [0.5, 0.6) is 0 Å². The van der Waals surface area contributed by atoms with E-state index in [1.807, 2.05) is 0 Å². The second-order valence-electron chi connectivity index (χ2n) is 9.06. The highest BCUT2D eigenvalue weighted by Gasteiger charge is 2.23. The standard InChI is InChI=1S/C26H43N5O7/c1-4-24(34)29-11-12-37-13-14-38-17-26(36)28-10-6-5-7-21(20(3)32)15-23(33)19(2)31-25(35)9-8-22-16-27-18-30-22/h16,18-19,21H,4-15,17H2,1-3H3,(H,27,30)(H,28,36)(H,29,34)(H,31,35)/t19-,21+/m0/s1. The maximum atomic E-state index is 12.6. The summed E-state index contributed by atoms with van der Waals surface area (Å²) in [7, 11) is 0. The molecule has 12 nitrogen and oxygen atoms in total. The number of aromatic nitrogens is 2. The second-order valence-corrected chi connectivity index (χ2v) is 9.06. The number of imidazole rings is 1. The number of aryl methyl sites for hydroxylation is 1. The molecule has 0 aliphatic carbocycles. The normalized spacial score (nSPS) is 12.4. The summed E-state index contributed by atoms with van der Waals surface area (Å²) in [5.41, 5.74) is 0.844. The minimum Gasteiger partial charge on any atom is -0.377 e. The van der Waals surface area contributed by atoms with Crippen LogP contribution in [0.4, 0.5) is 0 Å². The third-order valence-corrected chi connectivity index (χ3v) is 5.86. The van der Waals surface area contributed by atoms with Gasteiger partial charge < -0.3 is 30.4 Å². The van der Waals surface area contributed by atoms with Crippen LogP contribution in [0.25, 0.3) is 0 Å². The Morgan fingerprint density at radius 2 is 1.71 bits per heavy atom. The quantitative estimate of drug-likeness (QED) is 0.158. The Hall–Kier alpha value is -3.12. The molecule has 2 atom stereocenters. The predicted molar refractivity (Wildman–Crippen MR) is 140 cm³/mol. The van der Waals surface area contributed by atoms with Gasteiger partial charge in [-0.05, 0) is 33.1 Å². The Kier molecular flexibility index (Phi) is 17.3. The van der Waals surface area contributed by atoms with E-state index in [-0.39, 0.29) is 55.3 Å². The fraction of sp³-hybridized carbons (Fsp3) is 0.692. The van der Waals surface area contributed by atoms with E-state index in [9.17, 15) is 24.0 Å². The minimum absolute atomic E-state index is 0.0276. The topological polar surface area (TPSA) is 169 Å². The number of rotatable bonds is 22. The van der Waals surface area contributed by atoms with E-state index in [1.165, 1.54) is 6.92 Å². The van der Waals surface area contributed by atoms with Crippen LogP contribution >= 0.6 is 0 Å². The molecule has 1 rings (SSSR count). The second kappa shape index (κ2) is 19.9. The number of carbonyl (C=O) groups excluding carboxylic acids is 5. The van der Waals surface area contributed by atoms with Gasteiger partial charge in [-0.2, -0.15) is 0 Å². The summed E-state index contributed by atoms with van der Waals surface area (Å²) >= 11 is 0. The average molecular weight is 538 g/mol. The molecule has 1 aromatic rings. The Bertz CT molecular complexity index is 860. The van der Waals surface area contributed by atoms with Crippen LogP contribution in [0.15, 0.2) is 12.5 Å². The Labute approximate surface area is 224 Å². The summed E-state index contributed by atoms with van der Waals surface area (Å²) in [6, 6.07) is -0.669. The molecule has 0 aliphatic heterocycles. The molecule has 3 amide bonds. The third kappa shape index (κ3) is 15.9. The highest BCUT2D eigenvalue weighted by atomic mass is 16.5. The van der Waals surface area contributed by atoms with Crippen LogP contribution in [0.3, 0.4) is 0 Å². The lowest BCUT2D eigenvalue weighted by Crippen LogP contribution is -2.39. The first kappa shape index (κ1) is 32.9. The molecule has 0 aliphatic rings. The van der Waals surface area contributed by atoms with Crippen molar-refractivity contribution in [1.29, 1.82) is 0 Å². The number of ether oxygens (including phenoxy) is 2. The van der Waals surface area contributed by atoms with Crippen molar-refractivity contribution in [1.82, 2.24) is 25.9 Å². The highest BCUT2D eigenvalue weighted by molar-refractivity contribution is 5.92. The number of unbranched alkanes of at least 4 members (excludes halogenated alkanes) is 1. The molecule has 0 bridgehead atoms. The van der Waals surface area contributed by atoms with Gasteiger partial charge in [0.05, 0.1) is 32.2 Å². The number of hydrogen-bond donors (Lipinski definition) is 4. The van der Waals surface area contributed by atoms with Crippen molar-refractivity contribution in [3.8, 4) is 0 Å². The van der Waals surface area contributed by atoms with Gasteiger partial charge in [-0.1, -0.05) is 13.3 Å². The van der Waals surface area contributed by atoms with Gasteiger partial charge in [0, 0.05) is 50.2 Å². The zero-order valence-electron chi connectivity index (χ0n) is 22.8. The number of ketones is 2. The van der Waals surface area contributed by atoms with Crippen LogP contribution in [0.1, 0.15) is 65.0 Å². The number of amides is 3. The maximum absolute atomic E-state index is 12.6. The van der Waals surface area contributed by atoms with Crippen molar-refractivity contribution < 1.29 is 33.4 Å². The zero-order chi connectivity index (χ0) is 28.2. The molecular formula is C26H43N5O7. The van der Waals surface area contributed by atoms with Crippen LogP contribution in [-0.2, 0) is 39.9 Å². The molecule has 0 saturated heterocycles. The number of hydrogen-bond acceptors (Lipinski definition) is 8. The van der Waals surface area contributed by atoms with Crippen molar-refractivity contribution in [2.45, 2.75) is 71.8 Å². The van der Waals surface area contributed by atoms with Gasteiger partial charge >= 0.3 is 0 Å². The van der Waals surface area contributed by atoms with Crippen molar-refractivity contribution in [3.63, 3.8) is 0 Å². The van der Waals surface area contributed by atoms with Crippen LogP contribution in [-0.4, -0.2) is 84.8 Å². The summed E-state index contributed by atoms with van der Waals surface area (Å²) in [4.78, 5) is 66.5. The summed E-state index contributed by atoms with van der Waals surface area (Å²) in [5.74, 6) is -1.16. The van der Waals surface area contributed by atoms with Crippen molar-refractivity contribution >= 4 is 29.3 Å². The molecule has 0 fully saturated rings. The fourth-order valence-corrected chi connectivity index (χ4v) is 3.50. The summed E-state index contributed by atoms with van der Waals surface area (Å²) < 4.78 is 10.6. The number of H-pyrrole nitrogens is 1. The number of Topliss-reactive ketones (excluding diaryl/α,β-unsaturated/α-hetero) is 2. The highest BCUT2D eigenvalue weighted by Crippen LogP contribution is 2.16. The number of nitrogens with zero attached hydrogens (tertiary/aromatic N) is 1. The van der Waals surface area contributed by atoms with Crippen LogP contribution in [0, 0.1) is 5.92 Å². The molecule has 1 heterocycles. The molecule has 0 saturated carbocycles. The monoisotopic (exact) mass is 537 g/mol. The maximum Gasteiger partial charge on any atom is 0.245 e. The number of carbonyl (C=O) groups is 5. The summed E-state index contributed by atoms with van der Waals surface area (Å²) in [6.45, 7) is 6.66. The molecule has 0 radical (unpaired) electrons. The lowest BCUT2D eigenvalue weighted by atomic mass is 9.91. The first-order valence-electron chi connectivity index (χ1n) is 13.2. The van der Waals surface area contributed by atoms with E-state index in [4.69, 9.17) is 9.47 Å². The predicted octanol–water partition coefficient (Wildman–Crippen LogP) is 0.857. The third-order valence-electron chi connectivity index (χ3n) is 5.86. The minimum atomic E-state index is -0.669. The van der Waals surface area contributed by atoms with Gasteiger partial charge in [0.2, 0.25) is 17.7 Å². The molecule has 4 N–H and O–H groups in total. The first-order chi connectivity index (χ1) is 18.2. The smallest absolute Gasteiger partial charge is 0.245 e. The number of aromatic amines is 1. The van der Waals surface area contributed by atoms with Gasteiger partial charge in [0.15, 0.2) is 5.78 Å². The van der Waals surface area contributed by atoms with Crippen LogP contribution in [0.2, 0.25) is 0 Å².